The number of halogens is 1. The zero-order chi connectivity index (χ0) is 10.6. The Bertz CT molecular complexity index is 360. The summed E-state index contributed by atoms with van der Waals surface area (Å²) >= 11 is 0. The number of carbonyl (C=O) groups excluding carboxylic acids is 1. The molecule has 0 aliphatic rings. The Morgan fingerprint density at radius 2 is 2.14 bits per heavy atom. The van der Waals surface area contributed by atoms with Gasteiger partial charge in [-0.25, -0.2) is 4.79 Å². The zero-order valence-corrected chi connectivity index (χ0v) is 7.62. The molecule has 74 valence electrons. The second kappa shape index (κ2) is 4.41. The summed E-state index contributed by atoms with van der Waals surface area (Å²) in [5.41, 5.74) is 0. The van der Waals surface area contributed by atoms with Crippen LogP contribution in [0, 0.1) is 5.82 Å². The Kier molecular flexibility index (Phi) is 3.23. The summed E-state index contributed by atoms with van der Waals surface area (Å²) in [5.74, 6) is -1.56. The van der Waals surface area contributed by atoms with E-state index in [1.165, 1.54) is 25.3 Å². The van der Waals surface area contributed by atoms with Gasteiger partial charge in [-0.2, -0.15) is 4.39 Å². The molecule has 0 spiro atoms. The molecule has 0 unspecified atom stereocenters. The van der Waals surface area contributed by atoms with E-state index in [0.717, 1.165) is 6.08 Å². The molecule has 1 aromatic carbocycles. The number of hydrogen-bond donors (Lipinski definition) is 0. The van der Waals surface area contributed by atoms with Crippen molar-refractivity contribution < 1.29 is 18.7 Å². The second-order valence-electron chi connectivity index (χ2n) is 2.40. The molecule has 4 heteroatoms. The van der Waals surface area contributed by atoms with Gasteiger partial charge in [0.15, 0.2) is 11.5 Å². The normalized spacial score (nSPS) is 9.29. The molecule has 0 bridgehead atoms. The van der Waals surface area contributed by atoms with Crippen LogP contribution in [0.5, 0.6) is 11.5 Å². The minimum Gasteiger partial charge on any atom is -0.494 e. The molecule has 0 fully saturated rings. The Morgan fingerprint density at radius 3 is 2.71 bits per heavy atom. The zero-order valence-electron chi connectivity index (χ0n) is 7.62. The third kappa shape index (κ3) is 2.10. The fourth-order valence-corrected chi connectivity index (χ4v) is 0.877. The summed E-state index contributed by atoms with van der Waals surface area (Å²) in [6.45, 7) is 3.20. The summed E-state index contributed by atoms with van der Waals surface area (Å²) in [6.07, 6.45) is 0.957. The van der Waals surface area contributed by atoms with Gasteiger partial charge < -0.3 is 9.47 Å². The van der Waals surface area contributed by atoms with Gasteiger partial charge in [-0.15, -0.1) is 0 Å². The van der Waals surface area contributed by atoms with E-state index >= 15 is 0 Å². The predicted octanol–water partition coefficient (Wildman–Crippen LogP) is 1.93. The summed E-state index contributed by atoms with van der Waals surface area (Å²) < 4.78 is 22.7. The Hall–Kier alpha value is -1.84. The van der Waals surface area contributed by atoms with Gasteiger partial charge in [0.05, 0.1) is 7.11 Å². The van der Waals surface area contributed by atoms with Crippen LogP contribution < -0.4 is 9.47 Å². The maximum Gasteiger partial charge on any atom is 0.335 e. The number of hydrogen-bond acceptors (Lipinski definition) is 3. The predicted molar refractivity (Wildman–Crippen MR) is 48.8 cm³/mol. The van der Waals surface area contributed by atoms with Gasteiger partial charge in [0.25, 0.3) is 0 Å². The molecule has 0 N–H and O–H groups in total. The van der Waals surface area contributed by atoms with Crippen LogP contribution in [0.15, 0.2) is 30.9 Å². The minimum absolute atomic E-state index is 0.0272. The highest BCUT2D eigenvalue weighted by Crippen LogP contribution is 2.25. The highest BCUT2D eigenvalue weighted by molar-refractivity contribution is 5.83. The van der Waals surface area contributed by atoms with Crippen molar-refractivity contribution in [3.05, 3.63) is 36.7 Å². The molecule has 0 aliphatic heterocycles. The fraction of sp³-hybridized carbons (Fsp3) is 0.100. The van der Waals surface area contributed by atoms with E-state index in [1.807, 2.05) is 0 Å². The summed E-state index contributed by atoms with van der Waals surface area (Å²) in [5, 5.41) is 0. The van der Waals surface area contributed by atoms with Crippen LogP contribution >= 0.6 is 0 Å². The quantitative estimate of drug-likeness (QED) is 0.421. The molecule has 1 rings (SSSR count). The minimum atomic E-state index is -0.711. The largest absolute Gasteiger partial charge is 0.494 e. The van der Waals surface area contributed by atoms with Crippen molar-refractivity contribution in [1.29, 1.82) is 0 Å². The molecular weight excluding hydrogens is 187 g/mol. The van der Waals surface area contributed by atoms with Gasteiger partial charge in [0.2, 0.25) is 5.82 Å². The standard InChI is InChI=1S/C10H9FO3/c1-3-9(12)14-8-6-4-5-7(13-2)10(8)11/h3-6H,1H2,2H3. The average molecular weight is 196 g/mol. The van der Waals surface area contributed by atoms with Gasteiger partial charge in [-0.1, -0.05) is 12.6 Å². The molecular formula is C10H9FO3. The number of methoxy groups -OCH3 is 1. The van der Waals surface area contributed by atoms with Gasteiger partial charge in [-0.3, -0.25) is 0 Å². The number of benzene rings is 1. The molecule has 3 nitrogen and oxygen atoms in total. The van der Waals surface area contributed by atoms with Crippen LogP contribution in [-0.4, -0.2) is 13.1 Å². The number of carbonyl (C=O) groups is 1. The first kappa shape index (κ1) is 10.2. The molecule has 0 radical (unpaired) electrons. The van der Waals surface area contributed by atoms with Gasteiger partial charge in [0.1, 0.15) is 0 Å². The first-order valence-corrected chi connectivity index (χ1v) is 3.85. The number of esters is 1. The van der Waals surface area contributed by atoms with E-state index in [2.05, 4.69) is 11.3 Å². The van der Waals surface area contributed by atoms with Crippen molar-refractivity contribution in [2.45, 2.75) is 0 Å². The molecule has 0 aliphatic carbocycles. The molecule has 0 saturated carbocycles. The van der Waals surface area contributed by atoms with Crippen LogP contribution in [0.1, 0.15) is 0 Å². The molecule has 0 atom stereocenters. The van der Waals surface area contributed by atoms with Crippen molar-refractivity contribution in [3.8, 4) is 11.5 Å². The molecule has 0 saturated heterocycles. The van der Waals surface area contributed by atoms with Crippen molar-refractivity contribution in [2.24, 2.45) is 0 Å². The number of rotatable bonds is 3. The lowest BCUT2D eigenvalue weighted by molar-refractivity contribution is -0.129. The Morgan fingerprint density at radius 1 is 1.50 bits per heavy atom. The van der Waals surface area contributed by atoms with Crippen molar-refractivity contribution in [3.63, 3.8) is 0 Å². The summed E-state index contributed by atoms with van der Waals surface area (Å²) in [6, 6.07) is 4.29. The highest BCUT2D eigenvalue weighted by Gasteiger charge is 2.11. The number of ether oxygens (including phenoxy) is 2. The summed E-state index contributed by atoms with van der Waals surface area (Å²) in [7, 11) is 1.33. The topological polar surface area (TPSA) is 35.5 Å². The lowest BCUT2D eigenvalue weighted by atomic mass is 10.3. The molecule has 0 aromatic heterocycles. The Labute approximate surface area is 80.8 Å². The average Bonchev–Trinajstić information content (AvgIpc) is 2.21. The van der Waals surface area contributed by atoms with E-state index in [-0.39, 0.29) is 11.5 Å². The lowest BCUT2D eigenvalue weighted by Crippen LogP contribution is -2.05. The van der Waals surface area contributed by atoms with Crippen LogP contribution in [-0.2, 0) is 4.79 Å². The van der Waals surface area contributed by atoms with Crippen LogP contribution in [0.25, 0.3) is 0 Å². The van der Waals surface area contributed by atoms with E-state index < -0.39 is 11.8 Å². The fourth-order valence-electron chi connectivity index (χ4n) is 0.877. The molecule has 1 aromatic rings. The SMILES string of the molecule is C=CC(=O)Oc1cccc(OC)c1F. The monoisotopic (exact) mass is 196 g/mol. The van der Waals surface area contributed by atoms with Gasteiger partial charge >= 0.3 is 5.97 Å². The van der Waals surface area contributed by atoms with Gasteiger partial charge in [0, 0.05) is 6.08 Å². The lowest BCUT2D eigenvalue weighted by Gasteiger charge is -2.05. The smallest absolute Gasteiger partial charge is 0.335 e. The maximum absolute atomic E-state index is 13.3. The highest BCUT2D eigenvalue weighted by atomic mass is 19.1. The van der Waals surface area contributed by atoms with Gasteiger partial charge in [-0.05, 0) is 12.1 Å². The second-order valence-corrected chi connectivity index (χ2v) is 2.40. The van der Waals surface area contributed by atoms with Crippen LogP contribution in [0.2, 0.25) is 0 Å². The first-order valence-electron chi connectivity index (χ1n) is 3.85. The van der Waals surface area contributed by atoms with E-state index in [9.17, 15) is 9.18 Å². The summed E-state index contributed by atoms with van der Waals surface area (Å²) in [4.78, 5) is 10.8. The van der Waals surface area contributed by atoms with E-state index in [4.69, 9.17) is 4.74 Å². The Balaban J connectivity index is 2.97. The van der Waals surface area contributed by atoms with Crippen molar-refractivity contribution >= 4 is 5.97 Å². The van der Waals surface area contributed by atoms with E-state index in [0.29, 0.717) is 0 Å². The first-order chi connectivity index (χ1) is 6.69. The van der Waals surface area contributed by atoms with Crippen LogP contribution in [0.4, 0.5) is 4.39 Å². The van der Waals surface area contributed by atoms with E-state index in [1.54, 1.807) is 0 Å². The molecule has 14 heavy (non-hydrogen) atoms. The molecule has 0 amide bonds. The maximum atomic E-state index is 13.3. The van der Waals surface area contributed by atoms with Crippen molar-refractivity contribution in [2.75, 3.05) is 7.11 Å². The molecule has 0 heterocycles. The third-order valence-electron chi connectivity index (χ3n) is 1.52. The third-order valence-corrected chi connectivity index (χ3v) is 1.52. The van der Waals surface area contributed by atoms with Crippen molar-refractivity contribution in [1.82, 2.24) is 0 Å². The van der Waals surface area contributed by atoms with Crippen LogP contribution in [0.3, 0.4) is 0 Å².